The Morgan fingerprint density at radius 2 is 2.10 bits per heavy atom. The zero-order valence-corrected chi connectivity index (χ0v) is 18.2. The summed E-state index contributed by atoms with van der Waals surface area (Å²) in [5.41, 5.74) is 1.64. The summed E-state index contributed by atoms with van der Waals surface area (Å²) in [4.78, 5) is 24.0. The predicted molar refractivity (Wildman–Crippen MR) is 118 cm³/mol. The van der Waals surface area contributed by atoms with Gasteiger partial charge in [0.25, 0.3) is 5.56 Å². The molecule has 4 aromatic rings. The van der Waals surface area contributed by atoms with Crippen LogP contribution >= 0.6 is 34.7 Å². The molecule has 0 radical (unpaired) electrons. The van der Waals surface area contributed by atoms with E-state index in [9.17, 15) is 4.79 Å². The summed E-state index contributed by atoms with van der Waals surface area (Å²) in [5, 5.41) is 5.85. The van der Waals surface area contributed by atoms with Crippen LogP contribution in [-0.4, -0.2) is 19.7 Å². The van der Waals surface area contributed by atoms with E-state index >= 15 is 0 Å². The fourth-order valence-corrected chi connectivity index (χ4v) is 5.04. The topological polar surface area (TPSA) is 73.8 Å². The van der Waals surface area contributed by atoms with Crippen LogP contribution in [0, 0.1) is 13.8 Å². The Hall–Kier alpha value is -2.42. The Kier molecular flexibility index (Phi) is 5.58. The van der Waals surface area contributed by atoms with Crippen LogP contribution < -0.4 is 5.56 Å². The molecule has 0 N–H and O–H groups in total. The van der Waals surface area contributed by atoms with Crippen LogP contribution in [0.1, 0.15) is 16.3 Å². The number of aromatic nitrogens is 4. The summed E-state index contributed by atoms with van der Waals surface area (Å²) in [6, 6.07) is 7.32. The molecule has 3 heterocycles. The van der Waals surface area contributed by atoms with Gasteiger partial charge in [0.05, 0.1) is 16.2 Å². The van der Waals surface area contributed by atoms with Crippen LogP contribution in [0.5, 0.6) is 0 Å². The maximum absolute atomic E-state index is 13.0. The van der Waals surface area contributed by atoms with E-state index in [0.717, 1.165) is 15.3 Å². The van der Waals surface area contributed by atoms with Crippen molar-refractivity contribution in [3.8, 4) is 11.4 Å². The van der Waals surface area contributed by atoms with E-state index < -0.39 is 0 Å². The van der Waals surface area contributed by atoms with Crippen LogP contribution in [0.25, 0.3) is 21.6 Å². The van der Waals surface area contributed by atoms with Crippen LogP contribution in [0.15, 0.2) is 51.4 Å². The highest BCUT2D eigenvalue weighted by Crippen LogP contribution is 2.30. The largest absolute Gasteiger partial charge is 0.338 e. The molecule has 0 aliphatic rings. The SMILES string of the molecule is C=CCn1c(SCc2nc(-c3ccccc3Cl)no2)nc2sc(C)c(C)c2c1=O. The highest BCUT2D eigenvalue weighted by atomic mass is 35.5. The average molecular weight is 445 g/mol. The first kappa shape index (κ1) is 19.9. The minimum atomic E-state index is -0.0541. The van der Waals surface area contributed by atoms with Gasteiger partial charge in [-0.25, -0.2) is 4.98 Å². The number of fused-ring (bicyclic) bond motifs is 1. The van der Waals surface area contributed by atoms with Crippen molar-refractivity contribution in [3.63, 3.8) is 0 Å². The van der Waals surface area contributed by atoms with Crippen molar-refractivity contribution in [1.82, 2.24) is 19.7 Å². The first-order valence-electron chi connectivity index (χ1n) is 8.81. The molecule has 0 saturated heterocycles. The minimum absolute atomic E-state index is 0.0541. The Balaban J connectivity index is 1.65. The molecule has 148 valence electrons. The molecular formula is C20H17ClN4O2S2. The number of benzene rings is 1. The van der Waals surface area contributed by atoms with E-state index in [1.165, 1.54) is 23.1 Å². The van der Waals surface area contributed by atoms with Gasteiger partial charge in [0.1, 0.15) is 4.83 Å². The fraction of sp³-hybridized carbons (Fsp3) is 0.200. The van der Waals surface area contributed by atoms with E-state index in [4.69, 9.17) is 21.1 Å². The van der Waals surface area contributed by atoms with Gasteiger partial charge in [-0.3, -0.25) is 9.36 Å². The predicted octanol–water partition coefficient (Wildman–Crippen LogP) is 5.26. The quantitative estimate of drug-likeness (QED) is 0.229. The third-order valence-corrected chi connectivity index (χ3v) is 6.86. The monoisotopic (exact) mass is 444 g/mol. The molecule has 29 heavy (non-hydrogen) atoms. The molecule has 4 rings (SSSR count). The normalized spacial score (nSPS) is 11.3. The zero-order valence-electron chi connectivity index (χ0n) is 15.8. The van der Waals surface area contributed by atoms with Crippen LogP contribution in [0.2, 0.25) is 5.02 Å². The molecule has 0 unspecified atom stereocenters. The molecule has 1 aromatic carbocycles. The van der Waals surface area contributed by atoms with Gasteiger partial charge in [-0.2, -0.15) is 4.98 Å². The van der Waals surface area contributed by atoms with E-state index in [-0.39, 0.29) is 5.56 Å². The van der Waals surface area contributed by atoms with Gasteiger partial charge in [-0.05, 0) is 31.5 Å². The van der Waals surface area contributed by atoms with Gasteiger partial charge >= 0.3 is 0 Å². The van der Waals surface area contributed by atoms with Crippen molar-refractivity contribution in [2.24, 2.45) is 0 Å². The first-order chi connectivity index (χ1) is 14.0. The summed E-state index contributed by atoms with van der Waals surface area (Å²) in [7, 11) is 0. The molecule has 3 aromatic heterocycles. The molecule has 9 heteroatoms. The Morgan fingerprint density at radius 3 is 2.86 bits per heavy atom. The summed E-state index contributed by atoms with van der Waals surface area (Å²) >= 11 is 9.11. The Bertz CT molecular complexity index is 1280. The van der Waals surface area contributed by atoms with Crippen molar-refractivity contribution in [1.29, 1.82) is 0 Å². The summed E-state index contributed by atoms with van der Waals surface area (Å²) in [6.07, 6.45) is 1.69. The number of hydrogen-bond acceptors (Lipinski definition) is 7. The highest BCUT2D eigenvalue weighted by Gasteiger charge is 2.18. The standard InChI is InChI=1S/C20H17ClN4O2S2/c1-4-9-25-19(26)16-11(2)12(3)29-18(16)23-20(25)28-10-15-22-17(24-27-15)13-7-5-6-8-14(13)21/h4-8H,1,9-10H2,2-3H3. The van der Waals surface area contributed by atoms with E-state index in [1.54, 1.807) is 16.7 Å². The molecule has 0 aliphatic heterocycles. The maximum Gasteiger partial charge on any atom is 0.263 e. The van der Waals surface area contributed by atoms with Crippen LogP contribution in [0.3, 0.4) is 0 Å². The smallest absolute Gasteiger partial charge is 0.263 e. The Labute approximate surface area is 180 Å². The molecule has 6 nitrogen and oxygen atoms in total. The molecule has 0 aliphatic carbocycles. The summed E-state index contributed by atoms with van der Waals surface area (Å²) in [5.74, 6) is 1.25. The molecule has 0 bridgehead atoms. The maximum atomic E-state index is 13.0. The Morgan fingerprint density at radius 1 is 1.31 bits per heavy atom. The number of allylic oxidation sites excluding steroid dienone is 1. The van der Waals surface area contributed by atoms with Gasteiger partial charge in [0, 0.05) is 17.0 Å². The van der Waals surface area contributed by atoms with E-state index in [1.807, 2.05) is 32.0 Å². The lowest BCUT2D eigenvalue weighted by Crippen LogP contribution is -2.22. The third kappa shape index (κ3) is 3.75. The van der Waals surface area contributed by atoms with Crippen molar-refractivity contribution in [2.75, 3.05) is 0 Å². The van der Waals surface area contributed by atoms with Crippen molar-refractivity contribution >= 4 is 44.9 Å². The van der Waals surface area contributed by atoms with E-state index in [0.29, 0.717) is 45.1 Å². The minimum Gasteiger partial charge on any atom is -0.338 e. The molecular weight excluding hydrogens is 428 g/mol. The van der Waals surface area contributed by atoms with Crippen LogP contribution in [-0.2, 0) is 12.3 Å². The van der Waals surface area contributed by atoms with Crippen molar-refractivity contribution < 1.29 is 4.52 Å². The van der Waals surface area contributed by atoms with Crippen molar-refractivity contribution in [3.05, 3.63) is 68.6 Å². The average Bonchev–Trinajstić information content (AvgIpc) is 3.28. The number of thiophene rings is 1. The molecule has 0 fully saturated rings. The number of hydrogen-bond donors (Lipinski definition) is 0. The lowest BCUT2D eigenvalue weighted by molar-refractivity contribution is 0.391. The second-order valence-corrected chi connectivity index (χ2v) is 8.90. The number of nitrogens with zero attached hydrogens (tertiary/aromatic N) is 4. The number of halogens is 1. The summed E-state index contributed by atoms with van der Waals surface area (Å²) in [6.45, 7) is 8.10. The van der Waals surface area contributed by atoms with Gasteiger partial charge in [0.2, 0.25) is 11.7 Å². The van der Waals surface area contributed by atoms with Gasteiger partial charge in [0.15, 0.2) is 5.16 Å². The van der Waals surface area contributed by atoms with E-state index in [2.05, 4.69) is 16.7 Å². The number of thioether (sulfide) groups is 1. The second kappa shape index (κ2) is 8.14. The van der Waals surface area contributed by atoms with Crippen molar-refractivity contribution in [2.45, 2.75) is 31.3 Å². The summed E-state index contributed by atoms with van der Waals surface area (Å²) < 4.78 is 6.99. The first-order valence-corrected chi connectivity index (χ1v) is 11.0. The molecule has 0 amide bonds. The zero-order chi connectivity index (χ0) is 20.5. The molecule has 0 spiro atoms. The highest BCUT2D eigenvalue weighted by molar-refractivity contribution is 7.98. The third-order valence-electron chi connectivity index (χ3n) is 4.47. The fourth-order valence-electron chi connectivity index (χ4n) is 2.90. The second-order valence-electron chi connectivity index (χ2n) is 6.34. The lowest BCUT2D eigenvalue weighted by Gasteiger charge is -2.09. The van der Waals surface area contributed by atoms with Crippen LogP contribution in [0.4, 0.5) is 0 Å². The van der Waals surface area contributed by atoms with Gasteiger partial charge in [-0.1, -0.05) is 46.7 Å². The number of aryl methyl sites for hydroxylation is 2. The van der Waals surface area contributed by atoms with Gasteiger partial charge < -0.3 is 4.52 Å². The molecule has 0 saturated carbocycles. The van der Waals surface area contributed by atoms with Gasteiger partial charge in [-0.15, -0.1) is 17.9 Å². The molecule has 0 atom stereocenters. The lowest BCUT2D eigenvalue weighted by atomic mass is 10.2. The number of rotatable bonds is 6.